The number of hydrogen-bond acceptors (Lipinski definition) is 1. The third-order valence-electron chi connectivity index (χ3n) is 12.2. The number of aromatic nitrogens is 1. The SMILES string of the molecule is c1ccc(-n2c3ccccc3c3cc(N4C5(c6ccccc6-c6ccccc65)c5ccccc5C45c4ccccc4-c4ccccc45)ccc32)cc1. The van der Waals surface area contributed by atoms with Gasteiger partial charge in [-0.05, 0) is 92.0 Å². The van der Waals surface area contributed by atoms with Gasteiger partial charge in [0.1, 0.15) is 11.1 Å². The van der Waals surface area contributed by atoms with E-state index in [-0.39, 0.29) is 0 Å². The molecule has 2 aliphatic carbocycles. The van der Waals surface area contributed by atoms with E-state index in [2.05, 4.69) is 204 Å². The molecule has 3 aliphatic rings. The van der Waals surface area contributed by atoms with Crippen molar-refractivity contribution in [1.29, 1.82) is 0 Å². The number of hydrogen-bond donors (Lipinski definition) is 0. The molecule has 12 rings (SSSR count). The van der Waals surface area contributed by atoms with Crippen molar-refractivity contribution < 1.29 is 0 Å². The summed E-state index contributed by atoms with van der Waals surface area (Å²) in [5.74, 6) is 0. The van der Waals surface area contributed by atoms with Crippen LogP contribution in [0, 0.1) is 0 Å². The second-order valence-electron chi connectivity index (χ2n) is 14.4. The van der Waals surface area contributed by atoms with E-state index in [0.29, 0.717) is 0 Å². The first-order valence-corrected chi connectivity index (χ1v) is 18.2. The highest BCUT2D eigenvalue weighted by Crippen LogP contribution is 2.69. The fourth-order valence-corrected chi connectivity index (χ4v) is 10.4. The molecule has 9 aromatic rings. The molecule has 52 heavy (non-hydrogen) atoms. The summed E-state index contributed by atoms with van der Waals surface area (Å²) in [4.78, 5) is 2.83. The van der Waals surface area contributed by atoms with Crippen molar-refractivity contribution in [2.75, 3.05) is 4.90 Å². The van der Waals surface area contributed by atoms with Crippen LogP contribution in [0.25, 0.3) is 49.7 Å². The maximum atomic E-state index is 2.83. The van der Waals surface area contributed by atoms with Gasteiger partial charge in [-0.2, -0.15) is 0 Å². The molecule has 0 N–H and O–H groups in total. The van der Waals surface area contributed by atoms with Crippen molar-refractivity contribution in [2.24, 2.45) is 0 Å². The number of anilines is 1. The third-order valence-corrected chi connectivity index (χ3v) is 12.2. The van der Waals surface area contributed by atoms with E-state index in [1.807, 2.05) is 0 Å². The quantitative estimate of drug-likeness (QED) is 0.179. The second kappa shape index (κ2) is 9.99. The summed E-state index contributed by atoms with van der Waals surface area (Å²) in [5, 5.41) is 2.50. The number of fused-ring (bicyclic) bond motifs is 16. The topological polar surface area (TPSA) is 8.17 Å². The Morgan fingerprint density at radius 1 is 0.288 bits per heavy atom. The molecule has 1 aromatic heterocycles. The zero-order chi connectivity index (χ0) is 34.0. The van der Waals surface area contributed by atoms with E-state index in [0.717, 1.165) is 0 Å². The normalized spacial score (nSPS) is 15.2. The maximum Gasteiger partial charge on any atom is 0.119 e. The van der Waals surface area contributed by atoms with Gasteiger partial charge in [-0.25, -0.2) is 0 Å². The highest BCUT2D eigenvalue weighted by molar-refractivity contribution is 6.11. The van der Waals surface area contributed by atoms with Crippen molar-refractivity contribution in [1.82, 2.24) is 4.57 Å². The van der Waals surface area contributed by atoms with Crippen LogP contribution in [0.2, 0.25) is 0 Å². The molecule has 2 heterocycles. The van der Waals surface area contributed by atoms with Crippen LogP contribution >= 0.6 is 0 Å². The van der Waals surface area contributed by atoms with Gasteiger partial charge in [0.25, 0.3) is 0 Å². The van der Waals surface area contributed by atoms with Gasteiger partial charge < -0.3 is 9.47 Å². The molecule has 242 valence electrons. The lowest BCUT2D eigenvalue weighted by Crippen LogP contribution is -2.52. The van der Waals surface area contributed by atoms with Crippen LogP contribution in [0.4, 0.5) is 5.69 Å². The Kier molecular flexibility index (Phi) is 5.40. The molecular weight excluding hydrogens is 629 g/mol. The Morgan fingerprint density at radius 2 is 0.692 bits per heavy atom. The summed E-state index contributed by atoms with van der Waals surface area (Å²) >= 11 is 0. The van der Waals surface area contributed by atoms with E-state index in [9.17, 15) is 0 Å². The van der Waals surface area contributed by atoms with E-state index in [1.54, 1.807) is 0 Å². The summed E-state index contributed by atoms with van der Waals surface area (Å²) in [6, 6.07) is 72.6. The standard InChI is InChI=1S/C50H32N2/c1-2-16-33(17-3-1)51-47-29-15-8-22-39(47)40-32-34(30-31-48(40)51)52-49(41-23-9-4-18-35(41)36-19-5-10-24-42(36)49)45-27-13-14-28-46(45)50(52)43-25-11-6-20-37(43)38-21-7-12-26-44(38)50/h1-32H. The summed E-state index contributed by atoms with van der Waals surface area (Å²) in [5.41, 5.74) is 16.8. The predicted octanol–water partition coefficient (Wildman–Crippen LogP) is 11.8. The van der Waals surface area contributed by atoms with Gasteiger partial charge in [-0.3, -0.25) is 0 Å². The van der Waals surface area contributed by atoms with Crippen molar-refractivity contribution >= 4 is 27.5 Å². The molecule has 0 unspecified atom stereocenters. The highest BCUT2D eigenvalue weighted by Gasteiger charge is 2.66. The Labute approximate surface area is 302 Å². The molecule has 0 saturated carbocycles. The molecule has 0 amide bonds. The maximum absolute atomic E-state index is 2.83. The first-order valence-electron chi connectivity index (χ1n) is 18.2. The van der Waals surface area contributed by atoms with E-state index >= 15 is 0 Å². The monoisotopic (exact) mass is 660 g/mol. The lowest BCUT2D eigenvalue weighted by Gasteiger charge is -2.48. The van der Waals surface area contributed by atoms with E-state index in [4.69, 9.17) is 0 Å². The van der Waals surface area contributed by atoms with Crippen LogP contribution in [0.5, 0.6) is 0 Å². The molecule has 0 fully saturated rings. The summed E-state index contributed by atoms with van der Waals surface area (Å²) in [6.45, 7) is 0. The largest absolute Gasteiger partial charge is 0.335 e. The zero-order valence-electron chi connectivity index (χ0n) is 28.4. The fourth-order valence-electron chi connectivity index (χ4n) is 10.4. The van der Waals surface area contributed by atoms with Crippen LogP contribution in [0.1, 0.15) is 33.4 Å². The smallest absolute Gasteiger partial charge is 0.119 e. The molecule has 2 heteroatoms. The average Bonchev–Trinajstić information content (AvgIpc) is 3.89. The summed E-state index contributed by atoms with van der Waals surface area (Å²) < 4.78 is 2.42. The Morgan fingerprint density at radius 3 is 1.21 bits per heavy atom. The minimum Gasteiger partial charge on any atom is -0.335 e. The van der Waals surface area contributed by atoms with Gasteiger partial charge in [-0.1, -0.05) is 158 Å². The van der Waals surface area contributed by atoms with Gasteiger partial charge in [-0.15, -0.1) is 0 Å². The van der Waals surface area contributed by atoms with E-state index in [1.165, 1.54) is 88.8 Å². The highest BCUT2D eigenvalue weighted by atomic mass is 15.3. The molecule has 0 bridgehead atoms. The van der Waals surface area contributed by atoms with Crippen LogP contribution < -0.4 is 4.90 Å². The lowest BCUT2D eigenvalue weighted by atomic mass is 9.79. The lowest BCUT2D eigenvalue weighted by molar-refractivity contribution is 0.511. The molecule has 0 radical (unpaired) electrons. The zero-order valence-corrected chi connectivity index (χ0v) is 28.4. The molecule has 2 spiro atoms. The molecule has 1 aliphatic heterocycles. The Bertz CT molecular complexity index is 2720. The first-order chi connectivity index (χ1) is 25.8. The number of para-hydroxylation sites is 2. The average molecular weight is 661 g/mol. The minimum absolute atomic E-state index is 0.597. The van der Waals surface area contributed by atoms with Crippen LogP contribution in [0.3, 0.4) is 0 Å². The third kappa shape index (κ3) is 3.18. The van der Waals surface area contributed by atoms with Crippen LogP contribution in [-0.4, -0.2) is 4.57 Å². The van der Waals surface area contributed by atoms with Crippen molar-refractivity contribution in [2.45, 2.75) is 11.1 Å². The number of benzene rings is 8. The summed E-state index contributed by atoms with van der Waals surface area (Å²) in [7, 11) is 0. The van der Waals surface area contributed by atoms with Crippen molar-refractivity contribution in [3.05, 3.63) is 228 Å². The van der Waals surface area contributed by atoms with Gasteiger partial charge in [0.05, 0.1) is 11.0 Å². The molecule has 8 aromatic carbocycles. The molecule has 2 nitrogen and oxygen atoms in total. The van der Waals surface area contributed by atoms with Gasteiger partial charge in [0.15, 0.2) is 0 Å². The van der Waals surface area contributed by atoms with Crippen molar-refractivity contribution in [3.63, 3.8) is 0 Å². The first kappa shape index (κ1) is 28.1. The van der Waals surface area contributed by atoms with Gasteiger partial charge >= 0.3 is 0 Å². The molecular formula is C50H32N2. The van der Waals surface area contributed by atoms with E-state index < -0.39 is 11.1 Å². The van der Waals surface area contributed by atoms with Crippen LogP contribution in [-0.2, 0) is 11.1 Å². The predicted molar refractivity (Wildman–Crippen MR) is 213 cm³/mol. The summed E-state index contributed by atoms with van der Waals surface area (Å²) in [6.07, 6.45) is 0. The Balaban J connectivity index is 1.28. The van der Waals surface area contributed by atoms with Gasteiger partial charge in [0, 0.05) is 22.1 Å². The van der Waals surface area contributed by atoms with Gasteiger partial charge in [0.2, 0.25) is 0 Å². The second-order valence-corrected chi connectivity index (χ2v) is 14.4. The number of rotatable bonds is 2. The Hall–Kier alpha value is -6.64. The van der Waals surface area contributed by atoms with Crippen molar-refractivity contribution in [3.8, 4) is 27.9 Å². The molecule has 0 saturated heterocycles. The minimum atomic E-state index is -0.597. The van der Waals surface area contributed by atoms with Crippen LogP contribution in [0.15, 0.2) is 194 Å². The fraction of sp³-hybridized carbons (Fsp3) is 0.0400. The molecule has 0 atom stereocenters. The number of nitrogens with zero attached hydrogens (tertiary/aromatic N) is 2.